The highest BCUT2D eigenvalue weighted by atomic mass is 127. The first-order chi connectivity index (χ1) is 11.7. The van der Waals surface area contributed by atoms with E-state index >= 15 is 0 Å². The summed E-state index contributed by atoms with van der Waals surface area (Å²) in [6.07, 6.45) is 6.43. The third-order valence-electron chi connectivity index (χ3n) is 4.68. The van der Waals surface area contributed by atoms with Crippen LogP contribution in [0.5, 0.6) is 0 Å². The quantitative estimate of drug-likeness (QED) is 0.412. The highest BCUT2D eigenvalue weighted by molar-refractivity contribution is 14.0. The molecule has 3 heterocycles. The second kappa shape index (κ2) is 9.56. The van der Waals surface area contributed by atoms with Crippen LogP contribution in [-0.2, 0) is 13.5 Å². The van der Waals surface area contributed by atoms with Crippen LogP contribution in [0.1, 0.15) is 29.7 Å². The summed E-state index contributed by atoms with van der Waals surface area (Å²) in [6.45, 7) is 5.35. The molecule has 0 saturated carbocycles. The Hall–Kier alpha value is -1.09. The van der Waals surface area contributed by atoms with E-state index in [0.29, 0.717) is 11.8 Å². The van der Waals surface area contributed by atoms with Crippen molar-refractivity contribution in [1.82, 2.24) is 20.0 Å². The molecular weight excluding hydrogens is 445 g/mol. The van der Waals surface area contributed by atoms with Crippen molar-refractivity contribution in [3.63, 3.8) is 0 Å². The summed E-state index contributed by atoms with van der Waals surface area (Å²) in [5.74, 6) is 2.23. The van der Waals surface area contributed by atoms with Gasteiger partial charge in [0.05, 0.1) is 6.20 Å². The Morgan fingerprint density at radius 3 is 3.00 bits per heavy atom. The predicted molar refractivity (Wildman–Crippen MR) is 116 cm³/mol. The minimum Gasteiger partial charge on any atom is -0.356 e. The number of aromatic nitrogens is 2. The molecule has 3 rings (SSSR count). The van der Waals surface area contributed by atoms with Gasteiger partial charge in [-0.25, -0.2) is 0 Å². The van der Waals surface area contributed by atoms with Crippen LogP contribution in [0.15, 0.2) is 34.9 Å². The number of rotatable bonds is 5. The molecule has 0 radical (unpaired) electrons. The van der Waals surface area contributed by atoms with Crippen molar-refractivity contribution < 1.29 is 0 Å². The zero-order valence-electron chi connectivity index (χ0n) is 15.2. The minimum atomic E-state index is 0. The Balaban J connectivity index is 0.00000225. The maximum Gasteiger partial charge on any atom is 0.193 e. The van der Waals surface area contributed by atoms with E-state index in [0.717, 1.165) is 32.0 Å². The smallest absolute Gasteiger partial charge is 0.193 e. The lowest BCUT2D eigenvalue weighted by Gasteiger charge is -2.23. The first kappa shape index (κ1) is 20.2. The highest BCUT2D eigenvalue weighted by Gasteiger charge is 2.25. The maximum absolute atomic E-state index is 4.49. The molecule has 0 aliphatic carbocycles. The Kier molecular flexibility index (Phi) is 7.74. The Labute approximate surface area is 171 Å². The van der Waals surface area contributed by atoms with Crippen LogP contribution in [0.25, 0.3) is 0 Å². The summed E-state index contributed by atoms with van der Waals surface area (Å²) in [5.41, 5.74) is 1.33. The molecule has 138 valence electrons. The predicted octanol–water partition coefficient (Wildman–Crippen LogP) is 3.34. The van der Waals surface area contributed by atoms with Gasteiger partial charge in [-0.3, -0.25) is 9.67 Å². The van der Waals surface area contributed by atoms with E-state index in [9.17, 15) is 0 Å². The molecule has 0 aromatic carbocycles. The average Bonchev–Trinajstić information content (AvgIpc) is 3.31. The van der Waals surface area contributed by atoms with Gasteiger partial charge in [-0.2, -0.15) is 5.10 Å². The van der Waals surface area contributed by atoms with E-state index in [-0.39, 0.29) is 24.0 Å². The average molecular weight is 473 g/mol. The molecule has 1 aliphatic heterocycles. The molecule has 7 heteroatoms. The normalized spacial score (nSPS) is 18.9. The molecule has 1 fully saturated rings. The summed E-state index contributed by atoms with van der Waals surface area (Å²) < 4.78 is 1.88. The van der Waals surface area contributed by atoms with E-state index in [1.807, 2.05) is 36.3 Å². The zero-order chi connectivity index (χ0) is 16.9. The number of likely N-dealkylation sites (tertiary alicyclic amines) is 1. The van der Waals surface area contributed by atoms with Gasteiger partial charge in [0.2, 0.25) is 0 Å². The zero-order valence-corrected chi connectivity index (χ0v) is 18.3. The topological polar surface area (TPSA) is 45.5 Å². The summed E-state index contributed by atoms with van der Waals surface area (Å²) in [6, 6.07) is 4.33. The van der Waals surface area contributed by atoms with E-state index in [4.69, 9.17) is 0 Å². The van der Waals surface area contributed by atoms with Crippen LogP contribution in [0.4, 0.5) is 0 Å². The molecule has 5 nitrogen and oxygen atoms in total. The number of nitrogens with zero attached hydrogens (tertiary/aromatic N) is 4. The van der Waals surface area contributed by atoms with E-state index in [1.54, 1.807) is 0 Å². The van der Waals surface area contributed by atoms with Crippen LogP contribution in [0.3, 0.4) is 0 Å². The monoisotopic (exact) mass is 473 g/mol. The Morgan fingerprint density at radius 1 is 1.52 bits per heavy atom. The fourth-order valence-corrected chi connectivity index (χ4v) is 4.14. The molecule has 1 aliphatic rings. The molecule has 1 N–H and O–H groups in total. The molecule has 0 bridgehead atoms. The van der Waals surface area contributed by atoms with Gasteiger partial charge in [0.1, 0.15) is 0 Å². The Morgan fingerprint density at radius 2 is 2.36 bits per heavy atom. The summed E-state index contributed by atoms with van der Waals surface area (Å²) >= 11 is 1.82. The van der Waals surface area contributed by atoms with Gasteiger partial charge in [0, 0.05) is 50.7 Å². The SMILES string of the molecule is CN=C(NCC(C)c1cccs1)N1CCC(Cc2cnn(C)c2)C1.I. The first-order valence-electron chi connectivity index (χ1n) is 8.62. The summed E-state index contributed by atoms with van der Waals surface area (Å²) in [7, 11) is 3.86. The molecule has 0 spiro atoms. The highest BCUT2D eigenvalue weighted by Crippen LogP contribution is 2.22. The molecule has 2 aromatic rings. The lowest BCUT2D eigenvalue weighted by molar-refractivity contribution is 0.458. The number of hydrogen-bond acceptors (Lipinski definition) is 3. The van der Waals surface area contributed by atoms with Gasteiger partial charge in [-0.05, 0) is 35.8 Å². The molecule has 2 unspecified atom stereocenters. The van der Waals surface area contributed by atoms with Crippen LogP contribution in [-0.4, -0.2) is 47.3 Å². The van der Waals surface area contributed by atoms with Gasteiger partial charge < -0.3 is 10.2 Å². The van der Waals surface area contributed by atoms with Crippen molar-refractivity contribution in [3.8, 4) is 0 Å². The van der Waals surface area contributed by atoms with Crippen molar-refractivity contribution in [2.75, 3.05) is 26.7 Å². The van der Waals surface area contributed by atoms with Crippen molar-refractivity contribution in [1.29, 1.82) is 0 Å². The number of guanidine groups is 1. The number of halogens is 1. The van der Waals surface area contributed by atoms with Gasteiger partial charge in [-0.15, -0.1) is 35.3 Å². The van der Waals surface area contributed by atoms with E-state index < -0.39 is 0 Å². The number of thiophene rings is 1. The van der Waals surface area contributed by atoms with Crippen molar-refractivity contribution in [2.45, 2.75) is 25.7 Å². The van der Waals surface area contributed by atoms with E-state index in [1.165, 1.54) is 16.9 Å². The molecule has 25 heavy (non-hydrogen) atoms. The van der Waals surface area contributed by atoms with Crippen molar-refractivity contribution in [2.24, 2.45) is 18.0 Å². The molecule has 2 atom stereocenters. The second-order valence-electron chi connectivity index (χ2n) is 6.67. The third-order valence-corrected chi connectivity index (χ3v) is 5.78. The third kappa shape index (κ3) is 5.44. The van der Waals surface area contributed by atoms with Gasteiger partial charge in [0.25, 0.3) is 0 Å². The molecule has 0 amide bonds. The minimum absolute atomic E-state index is 0. The fourth-order valence-electron chi connectivity index (χ4n) is 3.35. The largest absolute Gasteiger partial charge is 0.356 e. The van der Waals surface area contributed by atoms with E-state index in [2.05, 4.69) is 50.9 Å². The van der Waals surface area contributed by atoms with Crippen LogP contribution in [0, 0.1) is 5.92 Å². The lowest BCUT2D eigenvalue weighted by atomic mass is 10.0. The van der Waals surface area contributed by atoms with Crippen LogP contribution >= 0.6 is 35.3 Å². The molecule has 2 aromatic heterocycles. The van der Waals surface area contributed by atoms with Gasteiger partial charge >= 0.3 is 0 Å². The summed E-state index contributed by atoms with van der Waals surface area (Å²) in [4.78, 5) is 8.30. The first-order valence-corrected chi connectivity index (χ1v) is 9.50. The van der Waals surface area contributed by atoms with Gasteiger partial charge in [0.15, 0.2) is 5.96 Å². The number of nitrogens with one attached hydrogen (secondary N) is 1. The standard InChI is InChI=1S/C18H27N5S.HI/c1-14(17-5-4-8-24-17)10-20-18(19-2)23-7-6-15(13-23)9-16-11-21-22(3)12-16;/h4-5,8,11-12,14-15H,6-7,9-10,13H2,1-3H3,(H,19,20);1H. The van der Waals surface area contributed by atoms with Gasteiger partial charge in [-0.1, -0.05) is 13.0 Å². The number of aryl methyl sites for hydroxylation is 1. The molecular formula is C18H28IN5S. The number of aliphatic imine (C=N–C) groups is 1. The van der Waals surface area contributed by atoms with Crippen LogP contribution < -0.4 is 5.32 Å². The van der Waals surface area contributed by atoms with Crippen molar-refractivity contribution in [3.05, 3.63) is 40.3 Å². The lowest BCUT2D eigenvalue weighted by Crippen LogP contribution is -2.41. The summed E-state index contributed by atoms with van der Waals surface area (Å²) in [5, 5.41) is 9.97. The molecule has 1 saturated heterocycles. The van der Waals surface area contributed by atoms with Crippen molar-refractivity contribution >= 4 is 41.3 Å². The second-order valence-corrected chi connectivity index (χ2v) is 7.65. The number of hydrogen-bond donors (Lipinski definition) is 1. The Bertz CT molecular complexity index is 667. The van der Waals surface area contributed by atoms with Crippen LogP contribution in [0.2, 0.25) is 0 Å². The fraction of sp³-hybridized carbons (Fsp3) is 0.556. The maximum atomic E-state index is 4.49.